The van der Waals surface area contributed by atoms with E-state index in [1.54, 1.807) is 0 Å². The van der Waals surface area contributed by atoms with Crippen LogP contribution in [0.25, 0.3) is 0 Å². The Morgan fingerprint density at radius 3 is 2.74 bits per heavy atom. The molecule has 0 amide bonds. The molecule has 0 aromatic heterocycles. The molecule has 0 saturated heterocycles. The molecule has 0 N–H and O–H groups in total. The largest absolute Gasteiger partial charge is 0.179 e. The Hall–Kier alpha value is -1.03. The van der Waals surface area contributed by atoms with Crippen molar-refractivity contribution in [1.82, 2.24) is 0 Å². The molecule has 98 valence electrons. The molecule has 0 bridgehead atoms. The highest BCUT2D eigenvalue weighted by Gasteiger charge is 2.63. The van der Waals surface area contributed by atoms with Gasteiger partial charge in [-0.15, -0.1) is 0 Å². The summed E-state index contributed by atoms with van der Waals surface area (Å²) in [6.45, 7) is 6.23. The lowest BCUT2D eigenvalue weighted by atomic mass is 9.91. The summed E-state index contributed by atoms with van der Waals surface area (Å²) in [5, 5.41) is 8.45. The third-order valence-corrected chi connectivity index (χ3v) is 4.33. The third kappa shape index (κ3) is 2.38. The summed E-state index contributed by atoms with van der Waals surface area (Å²) in [7, 11) is 5.82. The molecule has 1 fully saturated rings. The molecule has 2 aliphatic rings. The number of fused-ring (bicyclic) bond motifs is 1. The van der Waals surface area contributed by atoms with Crippen molar-refractivity contribution in [2.24, 2.45) is 27.5 Å². The first kappa shape index (κ1) is 14.4. The monoisotopic (exact) mass is 270 g/mol. The molecule has 2 nitrogen and oxygen atoms in total. The average Bonchev–Trinajstić information content (AvgIpc) is 3.05. The first-order valence-electron chi connectivity index (χ1n) is 6.75. The summed E-state index contributed by atoms with van der Waals surface area (Å²) in [5.41, 5.74) is 3.05. The van der Waals surface area contributed by atoms with Crippen LogP contribution in [-0.2, 0) is 0 Å². The van der Waals surface area contributed by atoms with Gasteiger partial charge in [-0.1, -0.05) is 50.5 Å². The Balaban J connectivity index is 0.000000637. The average molecular weight is 270 g/mol. The second kappa shape index (κ2) is 5.54. The first-order chi connectivity index (χ1) is 9.16. The fraction of sp³-hybridized carbons (Fsp3) is 0.467. The van der Waals surface area contributed by atoms with Crippen molar-refractivity contribution >= 4 is 37.9 Å². The van der Waals surface area contributed by atoms with Gasteiger partial charge in [-0.25, -0.2) is 0 Å². The molecular formula is C15H19BN2S. The second-order valence-corrected chi connectivity index (χ2v) is 5.35. The van der Waals surface area contributed by atoms with Crippen LogP contribution >= 0.6 is 12.6 Å². The van der Waals surface area contributed by atoms with Crippen molar-refractivity contribution in [2.45, 2.75) is 20.8 Å². The zero-order valence-corrected chi connectivity index (χ0v) is 12.6. The normalized spacial score (nSPS) is 30.8. The van der Waals surface area contributed by atoms with Gasteiger partial charge in [0.05, 0.1) is 5.71 Å². The summed E-state index contributed by atoms with van der Waals surface area (Å²) in [6.07, 6.45) is 1.97. The molecule has 3 atom stereocenters. The summed E-state index contributed by atoms with van der Waals surface area (Å²) < 4.78 is 0. The predicted molar refractivity (Wildman–Crippen MR) is 87.1 cm³/mol. The molecule has 0 spiro atoms. The second-order valence-electron chi connectivity index (χ2n) is 4.99. The van der Waals surface area contributed by atoms with Crippen LogP contribution < -0.4 is 5.46 Å². The predicted octanol–water partition coefficient (Wildman–Crippen LogP) is 2.48. The van der Waals surface area contributed by atoms with Crippen molar-refractivity contribution < 1.29 is 0 Å². The van der Waals surface area contributed by atoms with Gasteiger partial charge >= 0.3 is 0 Å². The highest BCUT2D eigenvalue weighted by molar-refractivity contribution is 7.80. The Labute approximate surface area is 122 Å². The quantitative estimate of drug-likeness (QED) is 0.631. The minimum Gasteiger partial charge on any atom is -0.179 e. The van der Waals surface area contributed by atoms with Crippen molar-refractivity contribution in [3.63, 3.8) is 0 Å². The molecule has 4 heteroatoms. The molecule has 1 heterocycles. The van der Waals surface area contributed by atoms with Crippen LogP contribution in [0.1, 0.15) is 26.3 Å². The lowest BCUT2D eigenvalue weighted by molar-refractivity contribution is 0.717. The summed E-state index contributed by atoms with van der Waals surface area (Å²) in [4.78, 5) is 0. The van der Waals surface area contributed by atoms with E-state index in [1.807, 2.05) is 44.3 Å². The lowest BCUT2D eigenvalue weighted by Crippen LogP contribution is -2.16. The highest BCUT2D eigenvalue weighted by Crippen LogP contribution is 2.60. The minimum atomic E-state index is 0.142. The Kier molecular flexibility index (Phi) is 4.19. The van der Waals surface area contributed by atoms with Gasteiger partial charge in [0.1, 0.15) is 7.85 Å². The lowest BCUT2D eigenvalue weighted by Gasteiger charge is -2.11. The van der Waals surface area contributed by atoms with E-state index >= 15 is 0 Å². The maximum Gasteiger partial charge on any atom is 0.113 e. The maximum absolute atomic E-state index is 5.82. The van der Waals surface area contributed by atoms with E-state index in [4.69, 9.17) is 7.85 Å². The number of nitrogens with zero attached hydrogens (tertiary/aromatic N) is 2. The molecule has 3 unspecified atom stereocenters. The van der Waals surface area contributed by atoms with E-state index in [2.05, 4.69) is 29.8 Å². The minimum absolute atomic E-state index is 0.142. The summed E-state index contributed by atoms with van der Waals surface area (Å²) >= 11 is 4.42. The van der Waals surface area contributed by atoms with Crippen LogP contribution in [0.4, 0.5) is 0 Å². The topological polar surface area (TPSA) is 24.7 Å². The van der Waals surface area contributed by atoms with Gasteiger partial charge in [0.15, 0.2) is 0 Å². The summed E-state index contributed by atoms with van der Waals surface area (Å²) in [6, 6.07) is 7.86. The van der Waals surface area contributed by atoms with Crippen LogP contribution in [0.3, 0.4) is 0 Å². The molecule has 1 saturated carbocycles. The van der Waals surface area contributed by atoms with E-state index in [0.29, 0.717) is 11.8 Å². The van der Waals surface area contributed by atoms with Gasteiger partial charge in [-0.05, 0) is 17.2 Å². The molecule has 3 rings (SSSR count). The zero-order chi connectivity index (χ0) is 14.0. The SMILES string of the molecule is CC.[B]c1cccc(C2=NN=CC3(C)C(CS)C23)c1. The van der Waals surface area contributed by atoms with Crippen LogP contribution in [-0.4, -0.2) is 25.5 Å². The Morgan fingerprint density at radius 1 is 1.37 bits per heavy atom. The fourth-order valence-electron chi connectivity index (χ4n) is 2.80. The van der Waals surface area contributed by atoms with Crippen molar-refractivity contribution in [2.75, 3.05) is 5.75 Å². The highest BCUT2D eigenvalue weighted by atomic mass is 32.1. The van der Waals surface area contributed by atoms with Gasteiger partial charge in [0.25, 0.3) is 0 Å². The van der Waals surface area contributed by atoms with Crippen LogP contribution in [0.5, 0.6) is 0 Å². The van der Waals surface area contributed by atoms with Crippen LogP contribution in [0, 0.1) is 17.3 Å². The standard InChI is InChI=1S/C13H13BN2S.C2H6/c1-13-7-15-16-12(11(13)10(13)6-17)8-3-2-4-9(14)5-8;1-2/h2-5,7,10-11,17H,6H2,1H3;1-2H3. The zero-order valence-electron chi connectivity index (χ0n) is 11.7. The van der Waals surface area contributed by atoms with E-state index in [9.17, 15) is 0 Å². The summed E-state index contributed by atoms with van der Waals surface area (Å²) in [5.74, 6) is 1.85. The molecule has 1 aliphatic heterocycles. The molecule has 1 aromatic rings. The van der Waals surface area contributed by atoms with Crippen LogP contribution in [0.2, 0.25) is 0 Å². The van der Waals surface area contributed by atoms with E-state index in [-0.39, 0.29) is 5.41 Å². The van der Waals surface area contributed by atoms with E-state index < -0.39 is 0 Å². The maximum atomic E-state index is 5.82. The number of rotatable bonds is 2. The van der Waals surface area contributed by atoms with Crippen molar-refractivity contribution in [3.05, 3.63) is 29.8 Å². The van der Waals surface area contributed by atoms with Crippen LogP contribution in [0.15, 0.2) is 34.5 Å². The molecule has 2 radical (unpaired) electrons. The number of hydrogen-bond donors (Lipinski definition) is 1. The number of hydrogen-bond acceptors (Lipinski definition) is 3. The van der Waals surface area contributed by atoms with Gasteiger partial charge in [-0.3, -0.25) is 0 Å². The van der Waals surface area contributed by atoms with Gasteiger partial charge in [0.2, 0.25) is 0 Å². The van der Waals surface area contributed by atoms with Gasteiger partial charge < -0.3 is 0 Å². The molecule has 1 aromatic carbocycles. The van der Waals surface area contributed by atoms with Crippen molar-refractivity contribution in [1.29, 1.82) is 0 Å². The van der Waals surface area contributed by atoms with E-state index in [1.165, 1.54) is 0 Å². The number of thiol groups is 1. The van der Waals surface area contributed by atoms with Gasteiger partial charge in [-0.2, -0.15) is 22.8 Å². The Morgan fingerprint density at radius 2 is 2.11 bits per heavy atom. The van der Waals surface area contributed by atoms with E-state index in [0.717, 1.165) is 22.5 Å². The Bertz CT molecular complexity index is 527. The molecule has 19 heavy (non-hydrogen) atoms. The number of benzene rings is 1. The molecular weight excluding hydrogens is 251 g/mol. The third-order valence-electron chi connectivity index (χ3n) is 3.94. The van der Waals surface area contributed by atoms with Gasteiger partial charge in [0, 0.05) is 17.5 Å². The smallest absolute Gasteiger partial charge is 0.113 e. The first-order valence-corrected chi connectivity index (χ1v) is 7.39. The molecule has 1 aliphatic carbocycles. The fourth-order valence-corrected chi connectivity index (χ4v) is 3.40. The van der Waals surface area contributed by atoms with Crippen molar-refractivity contribution in [3.8, 4) is 0 Å².